The first-order valence-corrected chi connectivity index (χ1v) is 8.95. The molecule has 1 N–H and O–H groups in total. The molecular formula is C19H17N3O4S. The van der Waals surface area contributed by atoms with Crippen LogP contribution >= 0.6 is 11.3 Å². The number of aryl methyl sites for hydroxylation is 1. The lowest BCUT2D eigenvalue weighted by Gasteiger charge is -2.06. The minimum absolute atomic E-state index is 0.206. The van der Waals surface area contributed by atoms with E-state index in [-0.39, 0.29) is 16.1 Å². The predicted octanol–water partition coefficient (Wildman–Crippen LogP) is 3.16. The molecular weight excluding hydrogens is 366 g/mol. The number of thiophene rings is 1. The number of Topliss-reactive ketones (excluding diaryl/α,β-unsaturated/α-hetero) is 1. The Labute approximate surface area is 159 Å². The molecule has 0 atom stereocenters. The molecule has 8 heteroatoms. The van der Waals surface area contributed by atoms with E-state index in [0.29, 0.717) is 11.4 Å². The molecule has 0 spiro atoms. The molecule has 3 aromatic rings. The first-order valence-electron chi connectivity index (χ1n) is 8.07. The average Bonchev–Trinajstić information content (AvgIpc) is 3.25. The molecule has 3 rings (SSSR count). The van der Waals surface area contributed by atoms with Crippen LogP contribution in [0.3, 0.4) is 0 Å². The molecule has 138 valence electrons. The summed E-state index contributed by atoms with van der Waals surface area (Å²) in [5, 5.41) is 8.79. The van der Waals surface area contributed by atoms with Crippen LogP contribution in [-0.2, 0) is 9.53 Å². The first kappa shape index (κ1) is 18.5. The fourth-order valence-electron chi connectivity index (χ4n) is 2.74. The summed E-state index contributed by atoms with van der Waals surface area (Å²) in [6.07, 6.45) is 0. The second-order valence-electron chi connectivity index (χ2n) is 5.73. The topological polar surface area (TPSA) is 90.3 Å². The summed E-state index contributed by atoms with van der Waals surface area (Å²) in [7, 11) is 1.25. The fraction of sp³-hybridized carbons (Fsp3) is 0.158. The first-order chi connectivity index (χ1) is 12.9. The molecule has 2 heterocycles. The lowest BCUT2D eigenvalue weighted by molar-refractivity contribution is -0.112. The van der Waals surface area contributed by atoms with E-state index >= 15 is 0 Å². The molecule has 0 bridgehead atoms. The van der Waals surface area contributed by atoms with Crippen molar-refractivity contribution in [2.75, 3.05) is 12.4 Å². The van der Waals surface area contributed by atoms with Crippen molar-refractivity contribution in [3.8, 4) is 5.69 Å². The molecule has 0 aliphatic heterocycles. The van der Waals surface area contributed by atoms with Crippen LogP contribution in [0.15, 0.2) is 41.8 Å². The van der Waals surface area contributed by atoms with Crippen molar-refractivity contribution in [1.29, 1.82) is 0 Å². The Hall–Kier alpha value is -3.26. The van der Waals surface area contributed by atoms with Gasteiger partial charge in [0.05, 0.1) is 35.3 Å². The molecule has 0 aliphatic carbocycles. The van der Waals surface area contributed by atoms with Crippen LogP contribution in [0.2, 0.25) is 0 Å². The Balaban J connectivity index is 1.89. The van der Waals surface area contributed by atoms with E-state index in [0.717, 1.165) is 17.0 Å². The monoisotopic (exact) mass is 383 g/mol. The highest BCUT2D eigenvalue weighted by Gasteiger charge is 2.26. The summed E-state index contributed by atoms with van der Waals surface area (Å²) >= 11 is 1.14. The number of hydrogen-bond donors (Lipinski definition) is 1. The number of hydrogen-bond acceptors (Lipinski definition) is 6. The third kappa shape index (κ3) is 3.52. The Bertz CT molecular complexity index is 1020. The number of aromatic nitrogens is 2. The lowest BCUT2D eigenvalue weighted by atomic mass is 10.1. The van der Waals surface area contributed by atoms with Crippen LogP contribution in [0, 0.1) is 13.8 Å². The van der Waals surface area contributed by atoms with Gasteiger partial charge >= 0.3 is 5.97 Å². The van der Waals surface area contributed by atoms with Gasteiger partial charge in [0.2, 0.25) is 0 Å². The molecule has 0 saturated heterocycles. The number of rotatable bonds is 5. The van der Waals surface area contributed by atoms with Gasteiger partial charge in [-0.05, 0) is 37.4 Å². The Morgan fingerprint density at radius 2 is 1.81 bits per heavy atom. The number of benzene rings is 1. The van der Waals surface area contributed by atoms with E-state index in [1.54, 1.807) is 23.9 Å². The van der Waals surface area contributed by atoms with E-state index in [4.69, 9.17) is 0 Å². The molecule has 1 amide bonds. The summed E-state index contributed by atoms with van der Waals surface area (Å²) in [6, 6.07) is 10.9. The smallest absolute Gasteiger partial charge is 0.340 e. The second-order valence-corrected chi connectivity index (χ2v) is 6.65. The molecule has 0 unspecified atom stereocenters. The van der Waals surface area contributed by atoms with Crippen molar-refractivity contribution in [3.05, 3.63) is 64.3 Å². The van der Waals surface area contributed by atoms with Gasteiger partial charge in [-0.2, -0.15) is 5.10 Å². The molecule has 27 heavy (non-hydrogen) atoms. The molecule has 0 aliphatic rings. The minimum Gasteiger partial charge on any atom is -0.465 e. The average molecular weight is 383 g/mol. The minimum atomic E-state index is -0.832. The van der Waals surface area contributed by atoms with Crippen LogP contribution in [0.1, 0.15) is 32.1 Å². The number of amides is 1. The predicted molar refractivity (Wildman–Crippen MR) is 102 cm³/mol. The van der Waals surface area contributed by atoms with Gasteiger partial charge in [0, 0.05) is 0 Å². The van der Waals surface area contributed by atoms with Gasteiger partial charge in [-0.25, -0.2) is 9.48 Å². The summed E-state index contributed by atoms with van der Waals surface area (Å²) in [5.74, 6) is -2.12. The van der Waals surface area contributed by atoms with Gasteiger partial charge in [-0.1, -0.05) is 18.2 Å². The van der Waals surface area contributed by atoms with E-state index < -0.39 is 17.7 Å². The number of methoxy groups -OCH3 is 1. The van der Waals surface area contributed by atoms with Gasteiger partial charge in [-0.15, -0.1) is 11.3 Å². The second kappa shape index (κ2) is 7.55. The SMILES string of the molecule is COC(=O)c1ccsc1NC(=O)C(=O)c1c(C)nn(-c2ccccc2)c1C. The number of carbonyl (C=O) groups excluding carboxylic acids is 3. The van der Waals surface area contributed by atoms with Gasteiger partial charge in [0.25, 0.3) is 11.7 Å². The number of para-hydroxylation sites is 1. The summed E-state index contributed by atoms with van der Waals surface area (Å²) in [6.45, 7) is 3.41. The number of esters is 1. The maximum atomic E-state index is 12.7. The highest BCUT2D eigenvalue weighted by molar-refractivity contribution is 7.14. The molecule has 2 aromatic heterocycles. The summed E-state index contributed by atoms with van der Waals surface area (Å²) < 4.78 is 6.30. The van der Waals surface area contributed by atoms with Gasteiger partial charge in [0.15, 0.2) is 0 Å². The van der Waals surface area contributed by atoms with Crippen molar-refractivity contribution in [2.24, 2.45) is 0 Å². The number of anilines is 1. The lowest BCUT2D eigenvalue weighted by Crippen LogP contribution is -2.24. The largest absolute Gasteiger partial charge is 0.465 e. The van der Waals surface area contributed by atoms with E-state index in [1.807, 2.05) is 30.3 Å². The number of ether oxygens (including phenoxy) is 1. The summed E-state index contributed by atoms with van der Waals surface area (Å²) in [5.41, 5.74) is 2.27. The molecule has 7 nitrogen and oxygen atoms in total. The molecule has 0 fully saturated rings. The van der Waals surface area contributed by atoms with Crippen LogP contribution in [0.25, 0.3) is 5.69 Å². The third-order valence-corrected chi connectivity index (χ3v) is 4.85. The van der Waals surface area contributed by atoms with Gasteiger partial charge in [0.1, 0.15) is 5.00 Å². The van der Waals surface area contributed by atoms with Crippen molar-refractivity contribution in [2.45, 2.75) is 13.8 Å². The van der Waals surface area contributed by atoms with Crippen molar-refractivity contribution < 1.29 is 19.1 Å². The third-order valence-electron chi connectivity index (χ3n) is 4.02. The van der Waals surface area contributed by atoms with Crippen LogP contribution < -0.4 is 5.32 Å². The Kier molecular flexibility index (Phi) is 5.18. The van der Waals surface area contributed by atoms with Gasteiger partial charge in [-0.3, -0.25) is 9.59 Å². The van der Waals surface area contributed by atoms with Gasteiger partial charge < -0.3 is 10.1 Å². The molecule has 0 radical (unpaired) electrons. The van der Waals surface area contributed by atoms with Crippen LogP contribution in [-0.4, -0.2) is 34.6 Å². The Morgan fingerprint density at radius 1 is 1.11 bits per heavy atom. The summed E-state index contributed by atoms with van der Waals surface area (Å²) in [4.78, 5) is 36.9. The maximum absolute atomic E-state index is 12.7. The maximum Gasteiger partial charge on any atom is 0.340 e. The number of ketones is 1. The van der Waals surface area contributed by atoms with Crippen molar-refractivity contribution in [1.82, 2.24) is 9.78 Å². The van der Waals surface area contributed by atoms with Crippen LogP contribution in [0.4, 0.5) is 5.00 Å². The standard InChI is InChI=1S/C19H17N3O4S/c1-11-15(12(2)22(21-11)13-7-5-4-6-8-13)16(23)17(24)20-18-14(9-10-27-18)19(25)26-3/h4-10H,1-3H3,(H,20,24). The van der Waals surface area contributed by atoms with Crippen molar-refractivity contribution >= 4 is 34.0 Å². The Morgan fingerprint density at radius 3 is 2.48 bits per heavy atom. The molecule has 1 aromatic carbocycles. The fourth-order valence-corrected chi connectivity index (χ4v) is 3.51. The molecule has 0 saturated carbocycles. The van der Waals surface area contributed by atoms with Crippen molar-refractivity contribution in [3.63, 3.8) is 0 Å². The number of carbonyl (C=O) groups is 3. The zero-order valence-corrected chi connectivity index (χ0v) is 15.8. The van der Waals surface area contributed by atoms with E-state index in [1.165, 1.54) is 13.2 Å². The zero-order chi connectivity index (χ0) is 19.6. The number of nitrogens with one attached hydrogen (secondary N) is 1. The normalized spacial score (nSPS) is 10.5. The highest BCUT2D eigenvalue weighted by atomic mass is 32.1. The van der Waals surface area contributed by atoms with E-state index in [9.17, 15) is 14.4 Å². The van der Waals surface area contributed by atoms with E-state index in [2.05, 4.69) is 15.2 Å². The highest BCUT2D eigenvalue weighted by Crippen LogP contribution is 2.25. The number of nitrogens with zero attached hydrogens (tertiary/aromatic N) is 2. The van der Waals surface area contributed by atoms with Crippen LogP contribution in [0.5, 0.6) is 0 Å². The zero-order valence-electron chi connectivity index (χ0n) is 15.0. The quantitative estimate of drug-likeness (QED) is 0.415.